The fourth-order valence-corrected chi connectivity index (χ4v) is 5.99. The second-order valence-corrected chi connectivity index (χ2v) is 11.6. The summed E-state index contributed by atoms with van der Waals surface area (Å²) in [5, 5.41) is 4.41. The van der Waals surface area contributed by atoms with E-state index in [1.54, 1.807) is 34.1 Å². The molecule has 2 amide bonds. The molecule has 1 aliphatic rings. The number of aryl methyl sites for hydroxylation is 2. The first-order valence-corrected chi connectivity index (χ1v) is 15.3. The number of amides is 2. The van der Waals surface area contributed by atoms with Gasteiger partial charge in [-0.25, -0.2) is 0 Å². The zero-order chi connectivity index (χ0) is 31.2. The van der Waals surface area contributed by atoms with Crippen molar-refractivity contribution in [1.29, 1.82) is 0 Å². The van der Waals surface area contributed by atoms with Crippen LogP contribution < -0.4 is 0 Å². The lowest BCUT2D eigenvalue weighted by atomic mass is 9.97. The Morgan fingerprint density at radius 1 is 0.867 bits per heavy atom. The second kappa shape index (κ2) is 13.6. The van der Waals surface area contributed by atoms with E-state index in [4.69, 9.17) is 0 Å². The molecule has 5 aromatic rings. The quantitative estimate of drug-likeness (QED) is 0.195. The monoisotopic (exact) mass is 595 g/mol. The molecule has 1 aliphatic heterocycles. The fraction of sp³-hybridized carbons (Fsp3) is 0.211. The summed E-state index contributed by atoms with van der Waals surface area (Å²) in [5.74, 6) is -0.265. The van der Waals surface area contributed by atoms with Gasteiger partial charge in [0.15, 0.2) is 0 Å². The number of benzene rings is 3. The van der Waals surface area contributed by atoms with Gasteiger partial charge in [-0.05, 0) is 71.0 Å². The number of fused-ring (bicyclic) bond motifs is 1. The van der Waals surface area contributed by atoms with Crippen molar-refractivity contribution in [2.75, 3.05) is 6.54 Å². The maximum atomic E-state index is 14.5. The Bertz CT molecular complexity index is 1800. The first-order chi connectivity index (χ1) is 21.9. The summed E-state index contributed by atoms with van der Waals surface area (Å²) in [4.78, 5) is 36.5. The number of carbonyl (C=O) groups excluding carboxylic acids is 2. The number of pyridine rings is 1. The predicted octanol–water partition coefficient (Wildman–Crippen LogP) is 6.03. The molecular weight excluding hydrogens is 558 g/mol. The number of aromatic nitrogens is 3. The average molecular weight is 596 g/mol. The lowest BCUT2D eigenvalue weighted by molar-refractivity contribution is -0.144. The molecule has 7 nitrogen and oxygen atoms in total. The number of hydrogen-bond acceptors (Lipinski definition) is 4. The lowest BCUT2D eigenvalue weighted by Crippen LogP contribution is -2.52. The number of nitrogens with zero attached hydrogens (tertiary/aromatic N) is 5. The van der Waals surface area contributed by atoms with E-state index < -0.39 is 6.04 Å². The van der Waals surface area contributed by atoms with E-state index in [0.29, 0.717) is 19.5 Å². The standard InChI is InChI=1S/C38H37N5O2/c1-28-24-35(41(2)40-28)16-17-37(44)43(26-30-12-14-32(15-13-30)33-18-21-39-22-19-33)36(25-29-8-4-3-5-9-29)38(45)42-23-20-31-10-6-7-11-34(31)27-42/h3-19,21-22,24,36H,20,23,25-27H2,1-2H3/t36-/m0/s1. The highest BCUT2D eigenvalue weighted by molar-refractivity contribution is 5.95. The van der Waals surface area contributed by atoms with Crippen LogP contribution in [-0.4, -0.2) is 49.0 Å². The molecule has 226 valence electrons. The van der Waals surface area contributed by atoms with Gasteiger partial charge >= 0.3 is 0 Å². The first-order valence-electron chi connectivity index (χ1n) is 15.3. The van der Waals surface area contributed by atoms with Gasteiger partial charge in [0.2, 0.25) is 11.8 Å². The molecule has 1 atom stereocenters. The zero-order valence-electron chi connectivity index (χ0n) is 25.7. The van der Waals surface area contributed by atoms with E-state index >= 15 is 0 Å². The Kier molecular flexibility index (Phi) is 8.96. The molecule has 0 unspecified atom stereocenters. The normalized spacial score (nSPS) is 13.4. The summed E-state index contributed by atoms with van der Waals surface area (Å²) < 4.78 is 1.75. The molecule has 0 fully saturated rings. The van der Waals surface area contributed by atoms with Gasteiger partial charge in [-0.2, -0.15) is 5.10 Å². The van der Waals surface area contributed by atoms with Crippen molar-refractivity contribution in [2.45, 2.75) is 38.9 Å². The summed E-state index contributed by atoms with van der Waals surface area (Å²) >= 11 is 0. The van der Waals surface area contributed by atoms with Crippen LogP contribution in [-0.2, 0) is 42.6 Å². The molecule has 3 aromatic carbocycles. The van der Waals surface area contributed by atoms with Crippen molar-refractivity contribution in [3.05, 3.63) is 149 Å². The molecule has 3 heterocycles. The van der Waals surface area contributed by atoms with Crippen LogP contribution in [0.4, 0.5) is 0 Å². The maximum absolute atomic E-state index is 14.5. The van der Waals surface area contributed by atoms with Crippen molar-refractivity contribution in [3.8, 4) is 11.1 Å². The summed E-state index contributed by atoms with van der Waals surface area (Å²) in [6, 6.07) is 31.6. The lowest BCUT2D eigenvalue weighted by Gasteiger charge is -2.37. The third-order valence-electron chi connectivity index (χ3n) is 8.41. The van der Waals surface area contributed by atoms with E-state index in [0.717, 1.165) is 45.6 Å². The van der Waals surface area contributed by atoms with Crippen molar-refractivity contribution >= 4 is 17.9 Å². The van der Waals surface area contributed by atoms with Crippen LogP contribution in [0.25, 0.3) is 17.2 Å². The first kappa shape index (κ1) is 29.8. The molecule has 0 bridgehead atoms. The molecule has 0 N–H and O–H groups in total. The minimum absolute atomic E-state index is 0.0418. The van der Waals surface area contributed by atoms with Gasteiger partial charge in [-0.3, -0.25) is 19.3 Å². The number of carbonyl (C=O) groups is 2. The van der Waals surface area contributed by atoms with Gasteiger partial charge in [0.25, 0.3) is 0 Å². The minimum Gasteiger partial charge on any atom is -0.336 e. The Labute approximate surface area is 264 Å². The van der Waals surface area contributed by atoms with Crippen LogP contribution in [0.5, 0.6) is 0 Å². The average Bonchev–Trinajstić information content (AvgIpc) is 3.41. The van der Waals surface area contributed by atoms with Gasteiger partial charge in [0, 0.05) is 51.6 Å². The van der Waals surface area contributed by atoms with E-state index in [9.17, 15) is 9.59 Å². The van der Waals surface area contributed by atoms with Crippen molar-refractivity contribution in [2.24, 2.45) is 7.05 Å². The Morgan fingerprint density at radius 2 is 1.56 bits per heavy atom. The van der Waals surface area contributed by atoms with Crippen molar-refractivity contribution in [3.63, 3.8) is 0 Å². The minimum atomic E-state index is -0.692. The van der Waals surface area contributed by atoms with Crippen LogP contribution in [0.1, 0.15) is 33.6 Å². The molecule has 45 heavy (non-hydrogen) atoms. The van der Waals surface area contributed by atoms with E-state index in [1.807, 2.05) is 91.7 Å². The molecule has 0 radical (unpaired) electrons. The SMILES string of the molecule is Cc1cc(C=CC(=O)N(Cc2ccc(-c3ccncc3)cc2)[C@@H](Cc2ccccc2)C(=O)N2CCc3ccccc3C2)n(C)n1. The van der Waals surface area contributed by atoms with Gasteiger partial charge in [-0.15, -0.1) is 0 Å². The van der Waals surface area contributed by atoms with Crippen LogP contribution in [0.3, 0.4) is 0 Å². The molecule has 0 saturated carbocycles. The third kappa shape index (κ3) is 7.10. The molecule has 7 heteroatoms. The third-order valence-corrected chi connectivity index (χ3v) is 8.41. The molecule has 0 aliphatic carbocycles. The van der Waals surface area contributed by atoms with Gasteiger partial charge < -0.3 is 9.80 Å². The Balaban J connectivity index is 1.35. The number of rotatable bonds is 9. The molecule has 2 aromatic heterocycles. The summed E-state index contributed by atoms with van der Waals surface area (Å²) in [6.45, 7) is 3.37. The van der Waals surface area contributed by atoms with Gasteiger partial charge in [-0.1, -0.05) is 78.9 Å². The molecule has 0 spiro atoms. The largest absolute Gasteiger partial charge is 0.336 e. The summed E-state index contributed by atoms with van der Waals surface area (Å²) in [7, 11) is 1.86. The van der Waals surface area contributed by atoms with Gasteiger partial charge in [0.05, 0.1) is 11.4 Å². The van der Waals surface area contributed by atoms with Crippen LogP contribution in [0.15, 0.2) is 116 Å². The number of hydrogen-bond donors (Lipinski definition) is 0. The second-order valence-electron chi connectivity index (χ2n) is 11.6. The summed E-state index contributed by atoms with van der Waals surface area (Å²) in [6.07, 6.45) is 8.11. The van der Waals surface area contributed by atoms with Crippen LogP contribution in [0, 0.1) is 6.92 Å². The molecular formula is C38H37N5O2. The van der Waals surface area contributed by atoms with E-state index in [2.05, 4.69) is 34.3 Å². The summed E-state index contributed by atoms with van der Waals surface area (Å²) in [5.41, 5.74) is 8.21. The van der Waals surface area contributed by atoms with Crippen LogP contribution in [0.2, 0.25) is 0 Å². The van der Waals surface area contributed by atoms with Crippen LogP contribution >= 0.6 is 0 Å². The zero-order valence-corrected chi connectivity index (χ0v) is 25.7. The van der Waals surface area contributed by atoms with E-state index in [-0.39, 0.29) is 18.4 Å². The van der Waals surface area contributed by atoms with Crippen molar-refractivity contribution < 1.29 is 9.59 Å². The smallest absolute Gasteiger partial charge is 0.247 e. The van der Waals surface area contributed by atoms with E-state index in [1.165, 1.54) is 5.56 Å². The maximum Gasteiger partial charge on any atom is 0.247 e. The Morgan fingerprint density at radius 3 is 2.27 bits per heavy atom. The fourth-order valence-electron chi connectivity index (χ4n) is 5.99. The highest BCUT2D eigenvalue weighted by Crippen LogP contribution is 2.24. The molecule has 6 rings (SSSR count). The topological polar surface area (TPSA) is 71.3 Å². The predicted molar refractivity (Wildman–Crippen MR) is 177 cm³/mol. The highest BCUT2D eigenvalue weighted by Gasteiger charge is 2.34. The van der Waals surface area contributed by atoms with Crippen molar-refractivity contribution in [1.82, 2.24) is 24.6 Å². The van der Waals surface area contributed by atoms with Gasteiger partial charge in [0.1, 0.15) is 6.04 Å². The molecule has 0 saturated heterocycles. The Hall–Kier alpha value is -5.30. The highest BCUT2D eigenvalue weighted by atomic mass is 16.2.